The van der Waals surface area contributed by atoms with Crippen molar-refractivity contribution in [3.05, 3.63) is 34.6 Å². The summed E-state index contributed by atoms with van der Waals surface area (Å²) in [6, 6.07) is 4.44. The molecule has 0 bridgehead atoms. The third-order valence-corrected chi connectivity index (χ3v) is 4.84. The Hall–Kier alpha value is -0.890. The molecule has 0 aromatic heterocycles. The molecule has 2 rings (SSSR count). The Morgan fingerprint density at radius 1 is 1.19 bits per heavy atom. The van der Waals surface area contributed by atoms with E-state index in [1.165, 1.54) is 44.1 Å². The maximum atomic E-state index is 13.8. The molecule has 1 saturated carbocycles. The minimum atomic E-state index is -0.0521. The monoisotopic (exact) mass is 291 g/mol. The van der Waals surface area contributed by atoms with Crippen LogP contribution in [-0.4, -0.2) is 6.54 Å². The van der Waals surface area contributed by atoms with Crippen molar-refractivity contribution in [2.45, 2.75) is 71.8 Å². The summed E-state index contributed by atoms with van der Waals surface area (Å²) in [6.45, 7) is 6.98. The maximum absolute atomic E-state index is 13.8. The number of rotatable bonds is 7. The molecule has 0 amide bonds. The first kappa shape index (κ1) is 16.5. The Bertz CT molecular complexity index is 426. The minimum absolute atomic E-state index is 0.0521. The third-order valence-electron chi connectivity index (χ3n) is 4.84. The van der Waals surface area contributed by atoms with E-state index in [2.05, 4.69) is 12.2 Å². The molecule has 0 saturated heterocycles. The standard InChI is InChI=1S/C19H30FN/c1-4-11-21-18(10-9-16-7-5-6-8-16)17-12-14(2)19(20)15(3)13-17/h12-13,16,18,21H,4-11H2,1-3H3. The van der Waals surface area contributed by atoms with Crippen LogP contribution in [-0.2, 0) is 0 Å². The van der Waals surface area contributed by atoms with E-state index in [0.29, 0.717) is 6.04 Å². The first-order valence-corrected chi connectivity index (χ1v) is 8.61. The largest absolute Gasteiger partial charge is 0.310 e. The second kappa shape index (κ2) is 7.93. The Balaban J connectivity index is 2.06. The lowest BCUT2D eigenvalue weighted by molar-refractivity contribution is 0.411. The van der Waals surface area contributed by atoms with Gasteiger partial charge in [0.05, 0.1) is 0 Å². The van der Waals surface area contributed by atoms with Crippen molar-refractivity contribution in [2.75, 3.05) is 6.54 Å². The van der Waals surface area contributed by atoms with Gasteiger partial charge in [0.25, 0.3) is 0 Å². The minimum Gasteiger partial charge on any atom is -0.310 e. The lowest BCUT2D eigenvalue weighted by Crippen LogP contribution is -2.23. The van der Waals surface area contributed by atoms with E-state index in [0.717, 1.165) is 30.0 Å². The number of nitrogens with one attached hydrogen (secondary N) is 1. The number of hydrogen-bond acceptors (Lipinski definition) is 1. The molecule has 1 atom stereocenters. The van der Waals surface area contributed by atoms with Crippen molar-refractivity contribution < 1.29 is 4.39 Å². The molecule has 0 radical (unpaired) electrons. The average Bonchev–Trinajstić information content (AvgIpc) is 2.97. The Morgan fingerprint density at radius 2 is 1.81 bits per heavy atom. The molecule has 1 N–H and O–H groups in total. The number of aryl methyl sites for hydroxylation is 2. The smallest absolute Gasteiger partial charge is 0.129 e. The zero-order chi connectivity index (χ0) is 15.2. The van der Waals surface area contributed by atoms with Gasteiger partial charge in [-0.25, -0.2) is 4.39 Å². The van der Waals surface area contributed by atoms with Crippen LogP contribution in [0.25, 0.3) is 0 Å². The van der Waals surface area contributed by atoms with Crippen molar-refractivity contribution in [1.82, 2.24) is 5.32 Å². The van der Waals surface area contributed by atoms with Gasteiger partial charge in [0.1, 0.15) is 5.82 Å². The van der Waals surface area contributed by atoms with Crippen molar-refractivity contribution in [2.24, 2.45) is 5.92 Å². The van der Waals surface area contributed by atoms with E-state index in [1.54, 1.807) is 0 Å². The van der Waals surface area contributed by atoms with Crippen LogP contribution in [0.15, 0.2) is 12.1 Å². The summed E-state index contributed by atoms with van der Waals surface area (Å²) in [6.07, 6.45) is 9.24. The fourth-order valence-electron chi connectivity index (χ4n) is 3.59. The van der Waals surface area contributed by atoms with E-state index < -0.39 is 0 Å². The number of benzene rings is 1. The molecule has 2 heteroatoms. The number of halogens is 1. The van der Waals surface area contributed by atoms with Crippen LogP contribution in [0.5, 0.6) is 0 Å². The Morgan fingerprint density at radius 3 is 2.38 bits per heavy atom. The summed E-state index contributed by atoms with van der Waals surface area (Å²) in [5, 5.41) is 3.66. The van der Waals surface area contributed by atoms with E-state index in [1.807, 2.05) is 26.0 Å². The van der Waals surface area contributed by atoms with Crippen LogP contribution >= 0.6 is 0 Å². The van der Waals surface area contributed by atoms with Gasteiger partial charge in [0, 0.05) is 6.04 Å². The summed E-state index contributed by atoms with van der Waals surface area (Å²) in [4.78, 5) is 0. The predicted molar refractivity (Wildman–Crippen MR) is 88.1 cm³/mol. The van der Waals surface area contributed by atoms with Crippen LogP contribution in [0.4, 0.5) is 4.39 Å². The van der Waals surface area contributed by atoms with Gasteiger partial charge in [-0.2, -0.15) is 0 Å². The first-order chi connectivity index (χ1) is 10.1. The molecular weight excluding hydrogens is 261 g/mol. The molecule has 1 fully saturated rings. The molecule has 0 spiro atoms. The van der Waals surface area contributed by atoms with Gasteiger partial charge in [0.15, 0.2) is 0 Å². The Kier molecular flexibility index (Phi) is 6.22. The molecular formula is C19H30FN. The summed E-state index contributed by atoms with van der Waals surface area (Å²) >= 11 is 0. The van der Waals surface area contributed by atoms with Gasteiger partial charge in [-0.15, -0.1) is 0 Å². The molecule has 0 heterocycles. The zero-order valence-corrected chi connectivity index (χ0v) is 13.8. The molecule has 118 valence electrons. The van der Waals surface area contributed by atoms with E-state index >= 15 is 0 Å². The summed E-state index contributed by atoms with van der Waals surface area (Å²) in [5.41, 5.74) is 2.81. The highest BCUT2D eigenvalue weighted by Crippen LogP contribution is 2.32. The van der Waals surface area contributed by atoms with E-state index in [9.17, 15) is 4.39 Å². The van der Waals surface area contributed by atoms with Crippen molar-refractivity contribution in [3.63, 3.8) is 0 Å². The van der Waals surface area contributed by atoms with Crippen molar-refractivity contribution in [1.29, 1.82) is 0 Å². The van der Waals surface area contributed by atoms with Gasteiger partial charge in [-0.1, -0.05) is 44.7 Å². The Labute approximate surface area is 129 Å². The summed E-state index contributed by atoms with van der Waals surface area (Å²) < 4.78 is 13.8. The highest BCUT2D eigenvalue weighted by Gasteiger charge is 2.19. The topological polar surface area (TPSA) is 12.0 Å². The van der Waals surface area contributed by atoms with Crippen LogP contribution in [0.2, 0.25) is 0 Å². The second-order valence-electron chi connectivity index (χ2n) is 6.70. The average molecular weight is 291 g/mol. The summed E-state index contributed by atoms with van der Waals surface area (Å²) in [5.74, 6) is 0.863. The molecule has 1 aliphatic rings. The van der Waals surface area contributed by atoms with E-state index in [-0.39, 0.29) is 5.82 Å². The molecule has 1 aromatic rings. The zero-order valence-electron chi connectivity index (χ0n) is 13.8. The molecule has 1 unspecified atom stereocenters. The van der Waals surface area contributed by atoms with Gasteiger partial charge < -0.3 is 5.32 Å². The lowest BCUT2D eigenvalue weighted by atomic mass is 9.93. The fraction of sp³-hybridized carbons (Fsp3) is 0.684. The lowest BCUT2D eigenvalue weighted by Gasteiger charge is -2.22. The van der Waals surface area contributed by atoms with Crippen LogP contribution in [0.3, 0.4) is 0 Å². The van der Waals surface area contributed by atoms with Crippen LogP contribution in [0, 0.1) is 25.6 Å². The predicted octanol–water partition coefficient (Wildman–Crippen LogP) is 5.45. The fourth-order valence-corrected chi connectivity index (χ4v) is 3.59. The SMILES string of the molecule is CCCNC(CCC1CCCC1)c1cc(C)c(F)c(C)c1. The molecule has 0 aliphatic heterocycles. The quantitative estimate of drug-likeness (QED) is 0.704. The molecule has 1 nitrogen and oxygen atoms in total. The normalized spacial score (nSPS) is 17.3. The maximum Gasteiger partial charge on any atom is 0.129 e. The van der Waals surface area contributed by atoms with Gasteiger partial charge in [-0.05, 0) is 62.3 Å². The van der Waals surface area contributed by atoms with Crippen molar-refractivity contribution in [3.8, 4) is 0 Å². The highest BCUT2D eigenvalue weighted by atomic mass is 19.1. The van der Waals surface area contributed by atoms with E-state index in [4.69, 9.17) is 0 Å². The summed E-state index contributed by atoms with van der Waals surface area (Å²) in [7, 11) is 0. The van der Waals surface area contributed by atoms with Crippen molar-refractivity contribution >= 4 is 0 Å². The van der Waals surface area contributed by atoms with Gasteiger partial charge in [-0.3, -0.25) is 0 Å². The molecule has 1 aromatic carbocycles. The third kappa shape index (κ3) is 4.54. The first-order valence-electron chi connectivity index (χ1n) is 8.61. The van der Waals surface area contributed by atoms with Gasteiger partial charge >= 0.3 is 0 Å². The molecule has 21 heavy (non-hydrogen) atoms. The highest BCUT2D eigenvalue weighted by molar-refractivity contribution is 5.32. The van der Waals surface area contributed by atoms with Crippen LogP contribution < -0.4 is 5.32 Å². The van der Waals surface area contributed by atoms with Crippen LogP contribution in [0.1, 0.15) is 74.6 Å². The molecule has 1 aliphatic carbocycles. The second-order valence-corrected chi connectivity index (χ2v) is 6.70. The number of hydrogen-bond donors (Lipinski definition) is 1. The van der Waals surface area contributed by atoms with Gasteiger partial charge in [0.2, 0.25) is 0 Å².